The normalized spacial score (nSPS) is 17.1. The zero-order valence-electron chi connectivity index (χ0n) is 12.2. The molecule has 0 aromatic rings. The van der Waals surface area contributed by atoms with Crippen LogP contribution in [0.2, 0.25) is 0 Å². The molecule has 1 saturated heterocycles. The Labute approximate surface area is 122 Å². The molecule has 0 aromatic carbocycles. The number of nitrogens with one attached hydrogen (secondary N) is 1. The monoisotopic (exact) mass is 275 g/mol. The molecule has 4 heteroatoms. The fourth-order valence-electron chi connectivity index (χ4n) is 2.06. The second-order valence-corrected chi connectivity index (χ2v) is 4.84. The predicted molar refractivity (Wildman–Crippen MR) is 84.6 cm³/mol. The summed E-state index contributed by atoms with van der Waals surface area (Å²) in [6, 6.07) is 0. The number of hydrogen-bond donors (Lipinski definition) is 1. The van der Waals surface area contributed by atoms with Crippen LogP contribution in [0.25, 0.3) is 0 Å². The summed E-state index contributed by atoms with van der Waals surface area (Å²) in [7, 11) is 0. The van der Waals surface area contributed by atoms with Crippen LogP contribution in [0, 0.1) is 0 Å². The average Bonchev–Trinajstić information content (AvgIpc) is 2.49. The van der Waals surface area contributed by atoms with E-state index in [0.717, 1.165) is 31.9 Å². The Bertz CT molecular complexity index is 379. The van der Waals surface area contributed by atoms with E-state index in [2.05, 4.69) is 28.4 Å². The van der Waals surface area contributed by atoms with Gasteiger partial charge in [-0.15, -0.1) is 6.58 Å². The van der Waals surface area contributed by atoms with Crippen LogP contribution in [0.15, 0.2) is 42.1 Å². The van der Waals surface area contributed by atoms with Gasteiger partial charge in [0.2, 0.25) is 5.91 Å². The highest BCUT2D eigenvalue weighted by Gasteiger charge is 2.07. The third kappa shape index (κ3) is 7.04. The third-order valence-electron chi connectivity index (χ3n) is 3.17. The van der Waals surface area contributed by atoms with Crippen LogP contribution in [-0.2, 0) is 4.79 Å². The summed E-state index contributed by atoms with van der Waals surface area (Å²) in [5, 5.41) is 2.79. The number of nitrogens with zero attached hydrogens (tertiary/aromatic N) is 2. The Kier molecular flexibility index (Phi) is 8.31. The molecule has 4 nitrogen and oxygen atoms in total. The zero-order chi connectivity index (χ0) is 14.6. The Morgan fingerprint density at radius 2 is 2.00 bits per heavy atom. The molecule has 1 heterocycles. The second kappa shape index (κ2) is 10.1. The smallest absolute Gasteiger partial charge is 0.247 e. The van der Waals surface area contributed by atoms with Crippen molar-refractivity contribution in [1.29, 1.82) is 0 Å². The molecule has 0 spiro atoms. The number of carbonyl (C=O) groups excluding carboxylic acids is 1. The highest BCUT2D eigenvalue weighted by Crippen LogP contribution is 2.07. The van der Waals surface area contributed by atoms with Crippen molar-refractivity contribution in [3.63, 3.8) is 0 Å². The van der Waals surface area contributed by atoms with Crippen LogP contribution < -0.4 is 5.32 Å². The van der Waals surface area contributed by atoms with Crippen LogP contribution in [0.4, 0.5) is 0 Å². The summed E-state index contributed by atoms with van der Waals surface area (Å²) in [5.41, 5.74) is 0.845. The standard InChI is InChI=1S/C16H25N3O/c1-3-5-9-15(18-16(20)4-2)10-11-17-14-19-12-7-6-8-13-19/h3-4,9,11H,1-2,5-8,10,12-14H2,(H,18,20)/b15-9+,17-11?. The van der Waals surface area contributed by atoms with Crippen LogP contribution in [0.1, 0.15) is 32.1 Å². The molecule has 20 heavy (non-hydrogen) atoms. The molecule has 1 aliphatic rings. The summed E-state index contributed by atoms with van der Waals surface area (Å²) in [5.74, 6) is -0.190. The van der Waals surface area contributed by atoms with E-state index in [1.807, 2.05) is 12.3 Å². The number of carbonyl (C=O) groups is 1. The number of likely N-dealkylation sites (tertiary alicyclic amines) is 1. The van der Waals surface area contributed by atoms with Gasteiger partial charge in [0.05, 0.1) is 6.67 Å². The van der Waals surface area contributed by atoms with Crippen molar-refractivity contribution < 1.29 is 4.79 Å². The first-order valence-corrected chi connectivity index (χ1v) is 7.20. The minimum atomic E-state index is -0.190. The lowest BCUT2D eigenvalue weighted by Gasteiger charge is -2.24. The topological polar surface area (TPSA) is 44.7 Å². The van der Waals surface area contributed by atoms with Gasteiger partial charge in [-0.2, -0.15) is 0 Å². The highest BCUT2D eigenvalue weighted by atomic mass is 16.1. The average molecular weight is 275 g/mol. The van der Waals surface area contributed by atoms with E-state index in [9.17, 15) is 4.79 Å². The van der Waals surface area contributed by atoms with Crippen molar-refractivity contribution in [2.75, 3.05) is 19.8 Å². The minimum absolute atomic E-state index is 0.190. The second-order valence-electron chi connectivity index (χ2n) is 4.84. The third-order valence-corrected chi connectivity index (χ3v) is 3.17. The van der Waals surface area contributed by atoms with Gasteiger partial charge in [-0.05, 0) is 38.4 Å². The Hall–Kier alpha value is -1.68. The summed E-state index contributed by atoms with van der Waals surface area (Å²) in [4.78, 5) is 18.1. The van der Waals surface area contributed by atoms with E-state index >= 15 is 0 Å². The number of piperidine rings is 1. The lowest BCUT2D eigenvalue weighted by molar-refractivity contribution is -0.115. The van der Waals surface area contributed by atoms with Gasteiger partial charge in [0.1, 0.15) is 0 Å². The number of rotatable bonds is 8. The van der Waals surface area contributed by atoms with Gasteiger partial charge in [-0.1, -0.05) is 25.2 Å². The molecular weight excluding hydrogens is 250 g/mol. The molecule has 0 aromatic heterocycles. The minimum Gasteiger partial charge on any atom is -0.326 e. The molecule has 1 aliphatic heterocycles. The van der Waals surface area contributed by atoms with Gasteiger partial charge in [0.25, 0.3) is 0 Å². The fraction of sp³-hybridized carbons (Fsp3) is 0.500. The van der Waals surface area contributed by atoms with Crippen molar-refractivity contribution in [1.82, 2.24) is 10.2 Å². The van der Waals surface area contributed by atoms with Crippen molar-refractivity contribution in [2.45, 2.75) is 32.1 Å². The number of allylic oxidation sites excluding steroid dienone is 3. The van der Waals surface area contributed by atoms with Crippen LogP contribution in [-0.4, -0.2) is 36.8 Å². The molecule has 0 atom stereocenters. The maximum Gasteiger partial charge on any atom is 0.247 e. The lowest BCUT2D eigenvalue weighted by Crippen LogP contribution is -2.29. The summed E-state index contributed by atoms with van der Waals surface area (Å²) < 4.78 is 0. The molecule has 1 N–H and O–H groups in total. The van der Waals surface area contributed by atoms with Gasteiger partial charge in [-0.3, -0.25) is 14.7 Å². The van der Waals surface area contributed by atoms with Gasteiger partial charge >= 0.3 is 0 Å². The van der Waals surface area contributed by atoms with Crippen molar-refractivity contribution in [3.8, 4) is 0 Å². The summed E-state index contributed by atoms with van der Waals surface area (Å²) >= 11 is 0. The molecular formula is C16H25N3O. The van der Waals surface area contributed by atoms with Crippen LogP contribution in [0.5, 0.6) is 0 Å². The molecule has 0 aliphatic carbocycles. The van der Waals surface area contributed by atoms with Gasteiger partial charge in [-0.25, -0.2) is 0 Å². The van der Waals surface area contributed by atoms with E-state index < -0.39 is 0 Å². The molecule has 110 valence electrons. The Morgan fingerprint density at radius 3 is 2.65 bits per heavy atom. The van der Waals surface area contributed by atoms with Gasteiger partial charge in [0, 0.05) is 18.3 Å². The van der Waals surface area contributed by atoms with E-state index in [4.69, 9.17) is 0 Å². The van der Waals surface area contributed by atoms with Crippen molar-refractivity contribution in [2.24, 2.45) is 4.99 Å². The van der Waals surface area contributed by atoms with E-state index in [0.29, 0.717) is 6.42 Å². The highest BCUT2D eigenvalue weighted by molar-refractivity contribution is 5.88. The van der Waals surface area contributed by atoms with Crippen LogP contribution >= 0.6 is 0 Å². The molecule has 0 saturated carbocycles. The lowest BCUT2D eigenvalue weighted by atomic mass is 10.1. The SMILES string of the molecule is C=CC/C=C(\CC=NCN1CCCCC1)NC(=O)C=C. The zero-order valence-corrected chi connectivity index (χ0v) is 12.2. The predicted octanol–water partition coefficient (Wildman–Crippen LogP) is 2.65. The number of aliphatic imine (C=N–C) groups is 1. The van der Waals surface area contributed by atoms with Crippen molar-refractivity contribution >= 4 is 12.1 Å². The molecule has 1 fully saturated rings. The molecule has 1 amide bonds. The van der Waals surface area contributed by atoms with Crippen LogP contribution in [0.3, 0.4) is 0 Å². The van der Waals surface area contributed by atoms with Crippen molar-refractivity contribution in [3.05, 3.63) is 37.1 Å². The number of amides is 1. The number of hydrogen-bond acceptors (Lipinski definition) is 3. The quantitative estimate of drug-likeness (QED) is 0.420. The Morgan fingerprint density at radius 1 is 1.25 bits per heavy atom. The van der Waals surface area contributed by atoms with Gasteiger partial charge in [0.15, 0.2) is 0 Å². The van der Waals surface area contributed by atoms with E-state index in [-0.39, 0.29) is 5.91 Å². The van der Waals surface area contributed by atoms with E-state index in [1.54, 1.807) is 6.08 Å². The summed E-state index contributed by atoms with van der Waals surface area (Å²) in [6.07, 6.45) is 12.1. The first kappa shape index (κ1) is 16.4. The molecule has 0 bridgehead atoms. The molecule has 1 rings (SSSR count). The molecule has 0 unspecified atom stereocenters. The van der Waals surface area contributed by atoms with E-state index in [1.165, 1.54) is 25.3 Å². The Balaban J connectivity index is 2.37. The largest absolute Gasteiger partial charge is 0.326 e. The summed E-state index contributed by atoms with van der Waals surface area (Å²) in [6.45, 7) is 10.2. The molecule has 0 radical (unpaired) electrons. The maximum atomic E-state index is 11.3. The first-order valence-electron chi connectivity index (χ1n) is 7.20. The maximum absolute atomic E-state index is 11.3. The fourth-order valence-corrected chi connectivity index (χ4v) is 2.06. The first-order chi connectivity index (χ1) is 9.76. The van der Waals surface area contributed by atoms with Gasteiger partial charge < -0.3 is 5.32 Å².